The summed E-state index contributed by atoms with van der Waals surface area (Å²) in [6.07, 6.45) is 3.62. The summed E-state index contributed by atoms with van der Waals surface area (Å²) >= 11 is 0. The minimum atomic E-state index is 0. The molecule has 1 aromatic rings. The van der Waals surface area contributed by atoms with Gasteiger partial charge in [-0.25, -0.2) is 0 Å². The Morgan fingerprint density at radius 3 is 3.00 bits per heavy atom. The third-order valence-electron chi connectivity index (χ3n) is 2.69. The number of nitrogens with one attached hydrogen (secondary N) is 1. The van der Waals surface area contributed by atoms with Gasteiger partial charge < -0.3 is 9.84 Å². The first-order chi connectivity index (χ1) is 5.95. The maximum atomic E-state index is 5.35. The van der Waals surface area contributed by atoms with Gasteiger partial charge in [-0.15, -0.1) is 12.4 Å². The van der Waals surface area contributed by atoms with Crippen molar-refractivity contribution in [2.24, 2.45) is 0 Å². The van der Waals surface area contributed by atoms with Crippen LogP contribution >= 0.6 is 12.4 Å². The minimum absolute atomic E-state index is 0. The molecule has 0 saturated heterocycles. The van der Waals surface area contributed by atoms with Crippen molar-refractivity contribution >= 4 is 12.4 Å². The molecular formula is C9H13ClN2O. The third-order valence-corrected chi connectivity index (χ3v) is 2.69. The second-order valence-electron chi connectivity index (χ2n) is 3.67. The Balaban J connectivity index is 0.000000653. The van der Waals surface area contributed by atoms with Crippen molar-refractivity contribution in [2.75, 3.05) is 6.54 Å². The van der Waals surface area contributed by atoms with Crippen molar-refractivity contribution in [3.05, 3.63) is 17.0 Å². The quantitative estimate of drug-likeness (QED) is 0.749. The van der Waals surface area contributed by atoms with Crippen LogP contribution in [0.3, 0.4) is 0 Å². The molecule has 1 aromatic heterocycles. The topological polar surface area (TPSA) is 38.1 Å². The molecule has 1 fully saturated rings. The maximum absolute atomic E-state index is 5.35. The standard InChI is InChI=1S/C9H12N2O.ClH/c1-2-6(1)9-7-5-10-4-3-8(7)11-12-9;/h6,10H,1-5H2;1H. The molecule has 0 atom stereocenters. The molecule has 72 valence electrons. The summed E-state index contributed by atoms with van der Waals surface area (Å²) in [7, 11) is 0. The van der Waals surface area contributed by atoms with E-state index >= 15 is 0 Å². The third kappa shape index (κ3) is 1.46. The van der Waals surface area contributed by atoms with Gasteiger partial charge in [0.15, 0.2) is 0 Å². The molecule has 2 heterocycles. The van der Waals surface area contributed by atoms with Gasteiger partial charge in [-0.1, -0.05) is 5.16 Å². The summed E-state index contributed by atoms with van der Waals surface area (Å²) in [5.74, 6) is 1.86. The van der Waals surface area contributed by atoms with E-state index in [2.05, 4.69) is 10.5 Å². The smallest absolute Gasteiger partial charge is 0.144 e. The van der Waals surface area contributed by atoms with Gasteiger partial charge in [-0.2, -0.15) is 0 Å². The molecule has 13 heavy (non-hydrogen) atoms. The Labute approximate surface area is 83.3 Å². The predicted molar refractivity (Wildman–Crippen MR) is 51.1 cm³/mol. The Morgan fingerprint density at radius 2 is 2.23 bits per heavy atom. The zero-order chi connectivity index (χ0) is 7.97. The minimum Gasteiger partial charge on any atom is -0.360 e. The molecule has 2 aliphatic rings. The van der Waals surface area contributed by atoms with Crippen molar-refractivity contribution < 1.29 is 4.52 Å². The van der Waals surface area contributed by atoms with E-state index in [1.54, 1.807) is 0 Å². The number of halogens is 1. The molecule has 1 saturated carbocycles. The van der Waals surface area contributed by atoms with Crippen LogP contribution in [0.25, 0.3) is 0 Å². The largest absolute Gasteiger partial charge is 0.360 e. The lowest BCUT2D eigenvalue weighted by Gasteiger charge is -2.10. The fourth-order valence-corrected chi connectivity index (χ4v) is 1.83. The summed E-state index contributed by atoms with van der Waals surface area (Å²) in [4.78, 5) is 0. The van der Waals surface area contributed by atoms with Crippen LogP contribution in [0.15, 0.2) is 4.52 Å². The molecule has 3 rings (SSSR count). The van der Waals surface area contributed by atoms with Crippen molar-refractivity contribution in [1.29, 1.82) is 0 Å². The summed E-state index contributed by atoms with van der Waals surface area (Å²) in [5, 5.41) is 7.45. The Kier molecular flexibility index (Phi) is 2.30. The molecule has 4 heteroatoms. The van der Waals surface area contributed by atoms with Crippen LogP contribution in [0.4, 0.5) is 0 Å². The van der Waals surface area contributed by atoms with Crippen LogP contribution in [0.2, 0.25) is 0 Å². The summed E-state index contributed by atoms with van der Waals surface area (Å²) in [5.41, 5.74) is 2.54. The number of hydrogen-bond acceptors (Lipinski definition) is 3. The average molecular weight is 201 g/mol. The van der Waals surface area contributed by atoms with Crippen LogP contribution in [0, 0.1) is 0 Å². The highest BCUT2D eigenvalue weighted by molar-refractivity contribution is 5.85. The van der Waals surface area contributed by atoms with Crippen molar-refractivity contribution in [2.45, 2.75) is 31.7 Å². The molecule has 0 unspecified atom stereocenters. The monoisotopic (exact) mass is 200 g/mol. The van der Waals surface area contributed by atoms with Gasteiger partial charge in [-0.05, 0) is 12.8 Å². The molecule has 0 spiro atoms. The zero-order valence-corrected chi connectivity index (χ0v) is 8.19. The first-order valence-corrected chi connectivity index (χ1v) is 4.63. The fraction of sp³-hybridized carbons (Fsp3) is 0.667. The van der Waals surface area contributed by atoms with Gasteiger partial charge >= 0.3 is 0 Å². The first-order valence-electron chi connectivity index (χ1n) is 4.63. The fourth-order valence-electron chi connectivity index (χ4n) is 1.83. The van der Waals surface area contributed by atoms with Gasteiger partial charge in [0.2, 0.25) is 0 Å². The maximum Gasteiger partial charge on any atom is 0.144 e. The number of fused-ring (bicyclic) bond motifs is 1. The van der Waals surface area contributed by atoms with Crippen LogP contribution < -0.4 is 5.32 Å². The number of hydrogen-bond donors (Lipinski definition) is 1. The second-order valence-corrected chi connectivity index (χ2v) is 3.67. The molecule has 1 aliphatic heterocycles. The highest BCUT2D eigenvalue weighted by atomic mass is 35.5. The molecule has 3 nitrogen and oxygen atoms in total. The number of aromatic nitrogens is 1. The lowest BCUT2D eigenvalue weighted by molar-refractivity contribution is 0.378. The van der Waals surface area contributed by atoms with E-state index in [1.165, 1.54) is 24.1 Å². The lowest BCUT2D eigenvalue weighted by atomic mass is 10.1. The van der Waals surface area contributed by atoms with E-state index in [1.807, 2.05) is 0 Å². The SMILES string of the molecule is C1Cc2noc(C3CC3)c2CN1.Cl. The Morgan fingerprint density at radius 1 is 1.38 bits per heavy atom. The van der Waals surface area contributed by atoms with Crippen LogP contribution in [0.5, 0.6) is 0 Å². The molecular weight excluding hydrogens is 188 g/mol. The summed E-state index contributed by atoms with van der Waals surface area (Å²) in [6.45, 7) is 2.01. The molecule has 1 N–H and O–H groups in total. The van der Waals surface area contributed by atoms with Gasteiger partial charge in [0.1, 0.15) is 5.76 Å². The second kappa shape index (κ2) is 3.31. The van der Waals surface area contributed by atoms with E-state index in [0.717, 1.165) is 25.3 Å². The summed E-state index contributed by atoms with van der Waals surface area (Å²) < 4.78 is 5.35. The molecule has 0 aromatic carbocycles. The number of rotatable bonds is 1. The normalized spacial score (nSPS) is 20.6. The van der Waals surface area contributed by atoms with Crippen molar-refractivity contribution in [1.82, 2.24) is 10.5 Å². The van der Waals surface area contributed by atoms with E-state index in [9.17, 15) is 0 Å². The van der Waals surface area contributed by atoms with E-state index in [4.69, 9.17) is 4.52 Å². The molecule has 0 bridgehead atoms. The number of nitrogens with zero attached hydrogens (tertiary/aromatic N) is 1. The Bertz CT molecular complexity index is 307. The van der Waals surface area contributed by atoms with E-state index in [-0.39, 0.29) is 12.4 Å². The zero-order valence-electron chi connectivity index (χ0n) is 7.38. The van der Waals surface area contributed by atoms with Crippen molar-refractivity contribution in [3.63, 3.8) is 0 Å². The molecule has 0 amide bonds. The summed E-state index contributed by atoms with van der Waals surface area (Å²) in [6, 6.07) is 0. The molecule has 1 aliphatic carbocycles. The van der Waals surface area contributed by atoms with Gasteiger partial charge in [0, 0.05) is 31.0 Å². The van der Waals surface area contributed by atoms with Crippen molar-refractivity contribution in [3.8, 4) is 0 Å². The highest BCUT2D eigenvalue weighted by Crippen LogP contribution is 2.42. The van der Waals surface area contributed by atoms with Gasteiger partial charge in [-0.3, -0.25) is 0 Å². The van der Waals surface area contributed by atoms with Crippen LogP contribution in [-0.2, 0) is 13.0 Å². The average Bonchev–Trinajstić information content (AvgIpc) is 2.86. The molecule has 0 radical (unpaired) electrons. The lowest BCUT2D eigenvalue weighted by Crippen LogP contribution is -2.23. The van der Waals surface area contributed by atoms with Crippen LogP contribution in [0.1, 0.15) is 35.8 Å². The van der Waals surface area contributed by atoms with Gasteiger partial charge in [0.25, 0.3) is 0 Å². The van der Waals surface area contributed by atoms with E-state index in [0.29, 0.717) is 5.92 Å². The first kappa shape index (κ1) is 9.03. The van der Waals surface area contributed by atoms with Gasteiger partial charge in [0.05, 0.1) is 5.69 Å². The van der Waals surface area contributed by atoms with Crippen LogP contribution in [-0.4, -0.2) is 11.7 Å². The Hall–Kier alpha value is -0.540. The predicted octanol–water partition coefficient (Wildman–Crippen LogP) is 1.62. The highest BCUT2D eigenvalue weighted by Gasteiger charge is 2.32. The van der Waals surface area contributed by atoms with E-state index < -0.39 is 0 Å².